The first-order chi connectivity index (χ1) is 4.73. The first kappa shape index (κ1) is 12.8. The molecule has 2 nitrogen and oxygen atoms in total. The van der Waals surface area contributed by atoms with Crippen LogP contribution in [-0.2, 0) is 4.79 Å². The van der Waals surface area contributed by atoms with E-state index in [0.717, 1.165) is 6.92 Å². The number of aliphatic carboxylic acids is 1. The van der Waals surface area contributed by atoms with E-state index in [2.05, 4.69) is 0 Å². The zero-order valence-electron chi connectivity index (χ0n) is 6.53. The second-order valence-corrected chi connectivity index (χ2v) is 1.67. The van der Waals surface area contributed by atoms with Gasteiger partial charge >= 0.3 is 0 Å². The van der Waals surface area contributed by atoms with Crippen LogP contribution in [0.2, 0.25) is 0 Å². The average molecular weight is 172 g/mol. The molecule has 0 bridgehead atoms. The predicted octanol–water partition coefficient (Wildman–Crippen LogP) is 1.84. The molecule has 0 amide bonds. The van der Waals surface area contributed by atoms with E-state index in [1.54, 1.807) is 0 Å². The Hall–Kier alpha value is -0.880. The van der Waals surface area contributed by atoms with E-state index in [1.165, 1.54) is 0 Å². The van der Waals surface area contributed by atoms with Gasteiger partial charge in [-0.05, 0) is 0 Å². The number of hydrogen-bond acceptors (Lipinski definition) is 1. The fraction of sp³-hybridized carbons (Fsp3) is 0.125. The van der Waals surface area contributed by atoms with Gasteiger partial charge in [0.2, 0.25) is 0 Å². The van der Waals surface area contributed by atoms with Crippen LogP contribution in [0.25, 0.3) is 0 Å². The smallest absolute Gasteiger partial charge is 0.300 e. The minimum atomic E-state index is -0.833. The van der Waals surface area contributed by atoms with Gasteiger partial charge in [-0.1, -0.05) is 36.4 Å². The van der Waals surface area contributed by atoms with Crippen LogP contribution in [0.5, 0.6) is 0 Å². The topological polar surface area (TPSA) is 37.3 Å². The molecule has 62 valence electrons. The fourth-order valence-electron chi connectivity index (χ4n) is 0.385. The van der Waals surface area contributed by atoms with Crippen LogP contribution in [-0.4, -0.2) is 11.1 Å². The lowest BCUT2D eigenvalue weighted by Gasteiger charge is -1.69. The molecular formula is C8H13O2P. The number of hydrogen-bond donors (Lipinski definition) is 1. The lowest BCUT2D eigenvalue weighted by molar-refractivity contribution is -0.134. The summed E-state index contributed by atoms with van der Waals surface area (Å²) >= 11 is 0. The highest BCUT2D eigenvalue weighted by Gasteiger charge is 1.65. The van der Waals surface area contributed by atoms with Crippen molar-refractivity contribution < 1.29 is 9.90 Å². The van der Waals surface area contributed by atoms with Crippen LogP contribution in [0, 0.1) is 0 Å². The summed E-state index contributed by atoms with van der Waals surface area (Å²) in [6.45, 7) is 1.08. The first-order valence-electron chi connectivity index (χ1n) is 2.93. The molecule has 0 radical (unpaired) electrons. The second kappa shape index (κ2) is 9.12. The number of rotatable bonds is 0. The van der Waals surface area contributed by atoms with Gasteiger partial charge in [-0.25, -0.2) is 0 Å². The van der Waals surface area contributed by atoms with E-state index in [9.17, 15) is 0 Å². The van der Waals surface area contributed by atoms with Crippen molar-refractivity contribution in [3.05, 3.63) is 36.4 Å². The van der Waals surface area contributed by atoms with E-state index in [1.807, 2.05) is 36.4 Å². The molecule has 0 aliphatic rings. The molecule has 1 N–H and O–H groups in total. The molecule has 0 heterocycles. The molecule has 0 aliphatic carbocycles. The summed E-state index contributed by atoms with van der Waals surface area (Å²) in [4.78, 5) is 9.00. The molecular weight excluding hydrogens is 159 g/mol. The van der Waals surface area contributed by atoms with Crippen molar-refractivity contribution in [2.24, 2.45) is 0 Å². The minimum Gasteiger partial charge on any atom is -0.481 e. The van der Waals surface area contributed by atoms with Crippen molar-refractivity contribution in [1.29, 1.82) is 0 Å². The van der Waals surface area contributed by atoms with Crippen molar-refractivity contribution >= 4 is 15.9 Å². The lowest BCUT2D eigenvalue weighted by Crippen LogP contribution is -1.78. The van der Waals surface area contributed by atoms with E-state index >= 15 is 0 Å². The molecule has 3 heteroatoms. The Morgan fingerprint density at radius 1 is 1.00 bits per heavy atom. The van der Waals surface area contributed by atoms with Crippen molar-refractivity contribution in [1.82, 2.24) is 0 Å². The lowest BCUT2D eigenvalue weighted by atomic mass is 10.4. The molecule has 1 rings (SSSR count). The minimum absolute atomic E-state index is 0. The summed E-state index contributed by atoms with van der Waals surface area (Å²) in [5.41, 5.74) is 0. The Kier molecular flexibility index (Phi) is 10.6. The Bertz CT molecular complexity index is 144. The molecule has 0 saturated heterocycles. The van der Waals surface area contributed by atoms with E-state index in [-0.39, 0.29) is 9.90 Å². The fourth-order valence-corrected chi connectivity index (χ4v) is 0.385. The van der Waals surface area contributed by atoms with Gasteiger partial charge in [0.1, 0.15) is 0 Å². The molecule has 0 fully saturated rings. The average Bonchev–Trinajstić information content (AvgIpc) is 1.90. The summed E-state index contributed by atoms with van der Waals surface area (Å²) in [6, 6.07) is 12.0. The van der Waals surface area contributed by atoms with Crippen LogP contribution in [0.4, 0.5) is 0 Å². The molecule has 0 spiro atoms. The highest BCUT2D eigenvalue weighted by molar-refractivity contribution is 6.92. The van der Waals surface area contributed by atoms with Crippen molar-refractivity contribution in [2.75, 3.05) is 0 Å². The molecule has 0 aromatic heterocycles. The monoisotopic (exact) mass is 172 g/mol. The largest absolute Gasteiger partial charge is 0.481 e. The quantitative estimate of drug-likeness (QED) is 0.606. The van der Waals surface area contributed by atoms with Crippen molar-refractivity contribution in [3.63, 3.8) is 0 Å². The van der Waals surface area contributed by atoms with E-state index in [4.69, 9.17) is 9.90 Å². The predicted molar refractivity (Wildman–Crippen MR) is 50.9 cm³/mol. The summed E-state index contributed by atoms with van der Waals surface area (Å²) < 4.78 is 0. The molecule has 1 unspecified atom stereocenters. The molecule has 1 atom stereocenters. The van der Waals surface area contributed by atoms with E-state index in [0.29, 0.717) is 0 Å². The van der Waals surface area contributed by atoms with Crippen LogP contribution < -0.4 is 0 Å². The van der Waals surface area contributed by atoms with E-state index < -0.39 is 5.97 Å². The third-order valence-electron chi connectivity index (χ3n) is 0.667. The Labute approximate surface area is 69.9 Å². The van der Waals surface area contributed by atoms with Gasteiger partial charge in [-0.15, -0.1) is 0 Å². The Balaban J connectivity index is 0. The van der Waals surface area contributed by atoms with Gasteiger partial charge in [0.25, 0.3) is 5.97 Å². The van der Waals surface area contributed by atoms with Gasteiger partial charge in [-0.3, -0.25) is 4.79 Å². The summed E-state index contributed by atoms with van der Waals surface area (Å²) in [6.07, 6.45) is 0. The SMILES string of the molecule is CC(=O)O.P.c1ccccc1. The molecule has 11 heavy (non-hydrogen) atoms. The normalized spacial score (nSPS) is 6.64. The number of carbonyl (C=O) groups is 1. The van der Waals surface area contributed by atoms with Crippen LogP contribution in [0.1, 0.15) is 6.92 Å². The molecule has 0 saturated carbocycles. The van der Waals surface area contributed by atoms with Gasteiger partial charge in [0, 0.05) is 6.92 Å². The third kappa shape index (κ3) is 17.6. The summed E-state index contributed by atoms with van der Waals surface area (Å²) in [5, 5.41) is 7.42. The zero-order valence-corrected chi connectivity index (χ0v) is 7.94. The standard InChI is InChI=1S/C6H6.C2H4O2.H3P/c1-2-4-6-5-3-1;1-2(3)4;/h1-6H;1H3,(H,3,4);1H3. The second-order valence-electron chi connectivity index (χ2n) is 1.67. The van der Waals surface area contributed by atoms with Gasteiger partial charge in [-0.2, -0.15) is 9.90 Å². The zero-order chi connectivity index (χ0) is 7.82. The van der Waals surface area contributed by atoms with Crippen molar-refractivity contribution in [3.8, 4) is 0 Å². The maximum Gasteiger partial charge on any atom is 0.300 e. The van der Waals surface area contributed by atoms with Crippen LogP contribution >= 0.6 is 9.90 Å². The van der Waals surface area contributed by atoms with Crippen LogP contribution in [0.3, 0.4) is 0 Å². The third-order valence-corrected chi connectivity index (χ3v) is 0.667. The highest BCUT2D eigenvalue weighted by Crippen LogP contribution is 1.79. The van der Waals surface area contributed by atoms with Crippen LogP contribution in [0.15, 0.2) is 36.4 Å². The maximum absolute atomic E-state index is 9.00. The van der Waals surface area contributed by atoms with Crippen molar-refractivity contribution in [2.45, 2.75) is 6.92 Å². The van der Waals surface area contributed by atoms with Gasteiger partial charge < -0.3 is 5.11 Å². The maximum atomic E-state index is 9.00. The first-order valence-corrected chi connectivity index (χ1v) is 2.93. The molecule has 0 aliphatic heterocycles. The Morgan fingerprint density at radius 2 is 1.09 bits per heavy atom. The summed E-state index contributed by atoms with van der Waals surface area (Å²) in [5.74, 6) is -0.833. The number of benzene rings is 1. The van der Waals surface area contributed by atoms with Gasteiger partial charge in [0.15, 0.2) is 0 Å². The van der Waals surface area contributed by atoms with Gasteiger partial charge in [0.05, 0.1) is 0 Å². The highest BCUT2D eigenvalue weighted by atomic mass is 31.0. The molecule has 1 aromatic rings. The summed E-state index contributed by atoms with van der Waals surface area (Å²) in [7, 11) is 0. The molecule has 1 aromatic carbocycles. The number of carboxylic acid groups (broad SMARTS) is 1. The Morgan fingerprint density at radius 3 is 1.18 bits per heavy atom. The number of carboxylic acids is 1.